The minimum absolute atomic E-state index is 0.0909. The fraction of sp³-hybridized carbons (Fsp3) is 0.429. The normalized spacial score (nSPS) is 29.5. The highest BCUT2D eigenvalue weighted by atomic mass is 16.6. The summed E-state index contributed by atoms with van der Waals surface area (Å²) in [6, 6.07) is 11.9. The Morgan fingerprint density at radius 1 is 1.37 bits per heavy atom. The third-order valence-corrected chi connectivity index (χ3v) is 3.63. The quantitative estimate of drug-likeness (QED) is 0.803. The number of benzene rings is 1. The van der Waals surface area contributed by atoms with Gasteiger partial charge in [0.15, 0.2) is 5.54 Å². The second kappa shape index (κ2) is 4.56. The van der Waals surface area contributed by atoms with Crippen molar-refractivity contribution in [2.45, 2.75) is 18.0 Å². The number of hydrogen-bond donors (Lipinski definition) is 0. The molecule has 2 heterocycles. The van der Waals surface area contributed by atoms with E-state index in [1.807, 2.05) is 30.3 Å². The highest BCUT2D eigenvalue weighted by Crippen LogP contribution is 2.31. The summed E-state index contributed by atoms with van der Waals surface area (Å²) in [5.41, 5.74) is 0.166. The van der Waals surface area contributed by atoms with E-state index in [-0.39, 0.29) is 19.3 Å². The fourth-order valence-electron chi connectivity index (χ4n) is 2.70. The Labute approximate surface area is 111 Å². The number of nitriles is 1. The van der Waals surface area contributed by atoms with Gasteiger partial charge >= 0.3 is 6.09 Å². The Kier molecular flexibility index (Phi) is 2.88. The molecule has 3 rings (SSSR count). The van der Waals surface area contributed by atoms with Gasteiger partial charge in [0.1, 0.15) is 6.61 Å². The summed E-state index contributed by atoms with van der Waals surface area (Å²) < 4.78 is 10.6. The predicted molar refractivity (Wildman–Crippen MR) is 66.3 cm³/mol. The van der Waals surface area contributed by atoms with Gasteiger partial charge in [-0.1, -0.05) is 30.3 Å². The van der Waals surface area contributed by atoms with Crippen LogP contribution in [0, 0.1) is 11.3 Å². The second-order valence-corrected chi connectivity index (χ2v) is 4.93. The number of carbonyl (C=O) groups is 1. The van der Waals surface area contributed by atoms with Crippen molar-refractivity contribution in [1.29, 1.82) is 5.26 Å². The van der Waals surface area contributed by atoms with Crippen LogP contribution in [0.3, 0.4) is 0 Å². The Hall–Kier alpha value is -2.06. The molecule has 98 valence electrons. The Balaban J connectivity index is 1.86. The van der Waals surface area contributed by atoms with Gasteiger partial charge in [-0.05, 0) is 12.0 Å². The molecule has 5 heteroatoms. The Bertz CT molecular complexity index is 525. The van der Waals surface area contributed by atoms with Crippen molar-refractivity contribution in [1.82, 2.24) is 4.90 Å². The highest BCUT2D eigenvalue weighted by molar-refractivity contribution is 5.73. The molecule has 19 heavy (non-hydrogen) atoms. The van der Waals surface area contributed by atoms with Crippen LogP contribution in [0.2, 0.25) is 0 Å². The summed E-state index contributed by atoms with van der Waals surface area (Å²) in [6.45, 7) is 0.752. The third kappa shape index (κ3) is 1.94. The number of amides is 1. The average Bonchev–Trinajstić information content (AvgIpc) is 2.79. The van der Waals surface area contributed by atoms with Gasteiger partial charge in [-0.3, -0.25) is 4.90 Å². The Morgan fingerprint density at radius 3 is 2.89 bits per heavy atom. The van der Waals surface area contributed by atoms with Gasteiger partial charge in [0, 0.05) is 0 Å². The third-order valence-electron chi connectivity index (χ3n) is 3.63. The van der Waals surface area contributed by atoms with E-state index >= 15 is 0 Å². The van der Waals surface area contributed by atoms with E-state index in [4.69, 9.17) is 9.47 Å². The molecule has 2 saturated heterocycles. The van der Waals surface area contributed by atoms with Crippen molar-refractivity contribution < 1.29 is 14.3 Å². The molecule has 1 aromatic rings. The van der Waals surface area contributed by atoms with Crippen LogP contribution in [0.4, 0.5) is 4.79 Å². The van der Waals surface area contributed by atoms with E-state index in [1.54, 1.807) is 4.90 Å². The standard InChI is InChI=1S/C14H14N2O3/c15-8-14-9-18-7-12(16(14)13(17)19-10-14)6-11-4-2-1-3-5-11/h1-5,12H,6-7,9-10H2/t12-,14+/m0/s1. The van der Waals surface area contributed by atoms with E-state index in [2.05, 4.69) is 6.07 Å². The van der Waals surface area contributed by atoms with Gasteiger partial charge in [-0.2, -0.15) is 5.26 Å². The van der Waals surface area contributed by atoms with E-state index in [9.17, 15) is 10.1 Å². The monoisotopic (exact) mass is 258 g/mol. The summed E-state index contributed by atoms with van der Waals surface area (Å²) in [5.74, 6) is 0. The van der Waals surface area contributed by atoms with Crippen molar-refractivity contribution in [3.63, 3.8) is 0 Å². The van der Waals surface area contributed by atoms with Crippen molar-refractivity contribution >= 4 is 6.09 Å². The maximum Gasteiger partial charge on any atom is 0.411 e. The summed E-state index contributed by atoms with van der Waals surface area (Å²) in [6.07, 6.45) is 0.255. The minimum atomic E-state index is -0.950. The first kappa shape index (κ1) is 12.0. The van der Waals surface area contributed by atoms with E-state index in [0.29, 0.717) is 13.0 Å². The lowest BCUT2D eigenvalue weighted by molar-refractivity contribution is -0.0377. The van der Waals surface area contributed by atoms with E-state index in [0.717, 1.165) is 5.56 Å². The van der Waals surface area contributed by atoms with Gasteiger partial charge in [0.2, 0.25) is 0 Å². The summed E-state index contributed by atoms with van der Waals surface area (Å²) in [4.78, 5) is 13.4. The predicted octanol–water partition coefficient (Wildman–Crippen LogP) is 1.34. The minimum Gasteiger partial charge on any atom is -0.446 e. The van der Waals surface area contributed by atoms with Crippen molar-refractivity contribution in [3.8, 4) is 6.07 Å². The van der Waals surface area contributed by atoms with Crippen LogP contribution in [-0.2, 0) is 15.9 Å². The van der Waals surface area contributed by atoms with Crippen LogP contribution in [0.25, 0.3) is 0 Å². The van der Waals surface area contributed by atoms with E-state index in [1.165, 1.54) is 0 Å². The molecule has 0 saturated carbocycles. The number of cyclic esters (lactones) is 1. The molecule has 2 aliphatic rings. The summed E-state index contributed by atoms with van der Waals surface area (Å²) >= 11 is 0. The van der Waals surface area contributed by atoms with Gasteiger partial charge in [-0.15, -0.1) is 0 Å². The second-order valence-electron chi connectivity index (χ2n) is 4.93. The average molecular weight is 258 g/mol. The lowest BCUT2D eigenvalue weighted by Gasteiger charge is -2.39. The van der Waals surface area contributed by atoms with E-state index < -0.39 is 11.6 Å². The number of rotatable bonds is 2. The number of ether oxygens (including phenoxy) is 2. The first-order valence-corrected chi connectivity index (χ1v) is 6.24. The topological polar surface area (TPSA) is 62.6 Å². The molecule has 2 atom stereocenters. The molecule has 0 N–H and O–H groups in total. The maximum atomic E-state index is 11.9. The van der Waals surface area contributed by atoms with Crippen LogP contribution >= 0.6 is 0 Å². The van der Waals surface area contributed by atoms with Gasteiger partial charge < -0.3 is 9.47 Å². The summed E-state index contributed by atoms with van der Waals surface area (Å²) in [7, 11) is 0. The molecule has 0 aromatic heterocycles. The maximum absolute atomic E-state index is 11.9. The first-order valence-electron chi connectivity index (χ1n) is 6.24. The highest BCUT2D eigenvalue weighted by Gasteiger charge is 2.54. The van der Waals surface area contributed by atoms with Gasteiger partial charge in [-0.25, -0.2) is 4.79 Å². The lowest BCUT2D eigenvalue weighted by atomic mass is 9.95. The van der Waals surface area contributed by atoms with Crippen molar-refractivity contribution in [2.75, 3.05) is 19.8 Å². The molecular formula is C14H14N2O3. The van der Waals surface area contributed by atoms with Crippen LogP contribution in [0.15, 0.2) is 30.3 Å². The zero-order chi connectivity index (χ0) is 13.3. The molecule has 0 unspecified atom stereocenters. The molecule has 0 bridgehead atoms. The zero-order valence-electron chi connectivity index (χ0n) is 10.4. The largest absolute Gasteiger partial charge is 0.446 e. The number of morpholine rings is 1. The molecule has 5 nitrogen and oxygen atoms in total. The molecule has 1 aromatic carbocycles. The smallest absolute Gasteiger partial charge is 0.411 e. The molecular weight excluding hydrogens is 244 g/mol. The van der Waals surface area contributed by atoms with Gasteiger partial charge in [0.05, 0.1) is 25.3 Å². The molecule has 2 fully saturated rings. The molecule has 1 amide bonds. The number of carbonyl (C=O) groups excluding carboxylic acids is 1. The lowest BCUT2D eigenvalue weighted by Crippen LogP contribution is -2.60. The van der Waals surface area contributed by atoms with Gasteiger partial charge in [0.25, 0.3) is 0 Å². The molecule has 0 spiro atoms. The SMILES string of the molecule is N#C[C@]12COC[C@H](Cc3ccccc3)N1C(=O)OC2. The summed E-state index contributed by atoms with van der Waals surface area (Å²) in [5, 5.41) is 9.35. The van der Waals surface area contributed by atoms with Crippen molar-refractivity contribution in [3.05, 3.63) is 35.9 Å². The molecule has 0 aliphatic carbocycles. The van der Waals surface area contributed by atoms with Crippen LogP contribution in [0.1, 0.15) is 5.56 Å². The number of nitrogens with zero attached hydrogens (tertiary/aromatic N) is 2. The van der Waals surface area contributed by atoms with Crippen LogP contribution < -0.4 is 0 Å². The zero-order valence-corrected chi connectivity index (χ0v) is 10.4. The van der Waals surface area contributed by atoms with Crippen molar-refractivity contribution in [2.24, 2.45) is 0 Å². The molecule has 2 aliphatic heterocycles. The number of fused-ring (bicyclic) bond motifs is 1. The first-order chi connectivity index (χ1) is 9.25. The number of hydrogen-bond acceptors (Lipinski definition) is 4. The molecule has 0 radical (unpaired) electrons. The van der Waals surface area contributed by atoms with Crippen LogP contribution in [-0.4, -0.2) is 42.4 Å². The Morgan fingerprint density at radius 2 is 2.16 bits per heavy atom. The van der Waals surface area contributed by atoms with Crippen LogP contribution in [0.5, 0.6) is 0 Å². The fourth-order valence-corrected chi connectivity index (χ4v) is 2.70.